The minimum absolute atomic E-state index is 0.0138. The Bertz CT molecular complexity index is 1690. The van der Waals surface area contributed by atoms with E-state index in [0.29, 0.717) is 74.2 Å². The third kappa shape index (κ3) is 6.08. The first-order chi connectivity index (χ1) is 23.0. The molecular formula is C35H45N5O7Si. The van der Waals surface area contributed by atoms with Crippen molar-refractivity contribution in [3.05, 3.63) is 65.5 Å². The molecule has 3 aromatic rings. The number of benzene rings is 2. The Labute approximate surface area is 281 Å². The molecule has 1 fully saturated rings. The highest BCUT2D eigenvalue weighted by Crippen LogP contribution is 2.60. The standard InChI is InChI=1S/C35H45N5O7Si/c1-23-33(48(3,4)45)30(16-19-38-22-25(17-20-41)36-37-38)47-35(23)27-21-26(40-28-10-6-5-9-24(28)12-15-31(40)42)13-14-29(27)39(34(35)44)18-8-7-11-32(43)46-2/h5-6,9-10,13-14,21-23,30,33,41,45H,7-8,11-12,15-20H2,1-4H3/t23-,30+,33-,35+/m1/s1. The number of amides is 2. The van der Waals surface area contributed by atoms with E-state index in [0.717, 1.165) is 11.3 Å². The number of rotatable bonds is 12. The fourth-order valence-electron chi connectivity index (χ4n) is 7.99. The van der Waals surface area contributed by atoms with Crippen LogP contribution in [0.4, 0.5) is 17.1 Å². The number of hydrogen-bond acceptors (Lipinski definition) is 9. The van der Waals surface area contributed by atoms with Crippen LogP contribution in [0.15, 0.2) is 48.7 Å². The van der Waals surface area contributed by atoms with E-state index in [1.165, 1.54) is 7.11 Å². The average Bonchev–Trinajstić information content (AvgIpc) is 3.71. The number of aliphatic hydroxyl groups is 1. The lowest BCUT2D eigenvalue weighted by atomic mass is 9.82. The molecule has 13 heteroatoms. The quantitative estimate of drug-likeness (QED) is 0.165. The van der Waals surface area contributed by atoms with Crippen molar-refractivity contribution >= 4 is 43.2 Å². The van der Waals surface area contributed by atoms with Crippen molar-refractivity contribution in [3.8, 4) is 0 Å². The Morgan fingerprint density at radius 1 is 1.10 bits per heavy atom. The lowest BCUT2D eigenvalue weighted by Gasteiger charge is -2.33. The summed E-state index contributed by atoms with van der Waals surface area (Å²) in [6, 6.07) is 13.6. The number of ether oxygens (including phenoxy) is 2. The molecule has 0 aliphatic carbocycles. The summed E-state index contributed by atoms with van der Waals surface area (Å²) in [7, 11) is -1.54. The van der Waals surface area contributed by atoms with E-state index in [4.69, 9.17) is 9.47 Å². The van der Waals surface area contributed by atoms with Gasteiger partial charge in [-0.2, -0.15) is 0 Å². The molecule has 2 aromatic carbocycles. The molecule has 2 N–H and O–H groups in total. The van der Waals surface area contributed by atoms with Gasteiger partial charge in [-0.25, -0.2) is 0 Å². The fraction of sp³-hybridized carbons (Fsp3) is 0.514. The highest BCUT2D eigenvalue weighted by atomic mass is 28.4. The number of unbranched alkanes of at least 4 members (excludes halogenated alkanes) is 1. The summed E-state index contributed by atoms with van der Waals surface area (Å²) in [6.07, 6.45) is 4.71. The Kier molecular flexibility index (Phi) is 9.58. The van der Waals surface area contributed by atoms with Crippen molar-refractivity contribution in [3.63, 3.8) is 0 Å². The van der Waals surface area contributed by atoms with Crippen molar-refractivity contribution in [2.24, 2.45) is 5.92 Å². The summed E-state index contributed by atoms with van der Waals surface area (Å²) in [6.45, 7) is 6.61. The largest absolute Gasteiger partial charge is 0.469 e. The van der Waals surface area contributed by atoms with Gasteiger partial charge in [-0.15, -0.1) is 5.10 Å². The molecule has 3 aliphatic heterocycles. The Hall–Kier alpha value is -3.91. The summed E-state index contributed by atoms with van der Waals surface area (Å²) in [5.74, 6) is -0.872. The average molecular weight is 676 g/mol. The van der Waals surface area contributed by atoms with E-state index in [1.807, 2.05) is 62.5 Å². The number of anilines is 3. The van der Waals surface area contributed by atoms with Crippen molar-refractivity contribution in [1.29, 1.82) is 0 Å². The summed E-state index contributed by atoms with van der Waals surface area (Å²) in [4.78, 5) is 55.2. The minimum Gasteiger partial charge on any atom is -0.469 e. The number of hydrogen-bond donors (Lipinski definition) is 2. The maximum Gasteiger partial charge on any atom is 0.305 e. The van der Waals surface area contributed by atoms with Gasteiger partial charge in [-0.05, 0) is 68.6 Å². The number of carbonyl (C=O) groups is 3. The molecule has 0 radical (unpaired) electrons. The van der Waals surface area contributed by atoms with Crippen molar-refractivity contribution in [1.82, 2.24) is 15.0 Å². The van der Waals surface area contributed by atoms with Crippen LogP contribution in [0.5, 0.6) is 0 Å². The third-order valence-corrected chi connectivity index (χ3v) is 12.7. The van der Waals surface area contributed by atoms with Gasteiger partial charge in [0.1, 0.15) is 0 Å². The van der Waals surface area contributed by atoms with Crippen LogP contribution in [0.1, 0.15) is 55.8 Å². The number of esters is 1. The van der Waals surface area contributed by atoms with Crippen molar-refractivity contribution in [2.45, 2.75) is 88.8 Å². The maximum absolute atomic E-state index is 14.8. The van der Waals surface area contributed by atoms with E-state index >= 15 is 0 Å². The lowest BCUT2D eigenvalue weighted by Crippen LogP contribution is -2.46. The first-order valence-electron chi connectivity index (χ1n) is 16.8. The summed E-state index contributed by atoms with van der Waals surface area (Å²) < 4.78 is 13.5. The fourth-order valence-corrected chi connectivity index (χ4v) is 10.6. The molecule has 2 amide bonds. The Morgan fingerprint density at radius 3 is 2.65 bits per heavy atom. The van der Waals surface area contributed by atoms with E-state index in [-0.39, 0.29) is 42.3 Å². The number of aryl methyl sites for hydroxylation is 2. The Balaban J connectivity index is 1.39. The van der Waals surface area contributed by atoms with Crippen LogP contribution in [-0.2, 0) is 48.8 Å². The van der Waals surface area contributed by atoms with E-state index in [9.17, 15) is 24.3 Å². The molecular weight excluding hydrogens is 630 g/mol. The van der Waals surface area contributed by atoms with Crippen LogP contribution >= 0.6 is 0 Å². The zero-order valence-corrected chi connectivity index (χ0v) is 29.1. The number of para-hydroxylation sites is 1. The molecule has 1 spiro atoms. The second-order valence-corrected chi connectivity index (χ2v) is 17.6. The van der Waals surface area contributed by atoms with Gasteiger partial charge in [0, 0.05) is 67.9 Å². The molecule has 1 saturated heterocycles. The van der Waals surface area contributed by atoms with Crippen LogP contribution in [-0.4, -0.2) is 77.4 Å². The van der Waals surface area contributed by atoms with Gasteiger partial charge in [0.25, 0.3) is 5.91 Å². The van der Waals surface area contributed by atoms with Crippen LogP contribution in [0.3, 0.4) is 0 Å². The molecule has 256 valence electrons. The zero-order valence-electron chi connectivity index (χ0n) is 28.1. The highest BCUT2D eigenvalue weighted by Gasteiger charge is 2.66. The molecule has 0 bridgehead atoms. The predicted molar refractivity (Wildman–Crippen MR) is 181 cm³/mol. The molecule has 4 atom stereocenters. The van der Waals surface area contributed by atoms with Crippen molar-refractivity contribution in [2.75, 3.05) is 30.1 Å². The first kappa shape index (κ1) is 34.0. The van der Waals surface area contributed by atoms with Gasteiger partial charge < -0.3 is 24.3 Å². The molecule has 12 nitrogen and oxygen atoms in total. The van der Waals surface area contributed by atoms with Gasteiger partial charge in [0.05, 0.1) is 30.3 Å². The number of fused-ring (bicyclic) bond motifs is 3. The molecule has 0 saturated carbocycles. The summed E-state index contributed by atoms with van der Waals surface area (Å²) in [5, 5.41) is 17.6. The molecule has 0 unspecified atom stereocenters. The zero-order chi connectivity index (χ0) is 34.2. The second-order valence-electron chi connectivity index (χ2n) is 13.6. The molecule has 48 heavy (non-hydrogen) atoms. The summed E-state index contributed by atoms with van der Waals surface area (Å²) in [5.41, 5.74) is 3.03. The molecule has 1 aromatic heterocycles. The first-order valence-corrected chi connectivity index (χ1v) is 19.9. The second kappa shape index (κ2) is 13.5. The van der Waals surface area contributed by atoms with Gasteiger partial charge in [-0.1, -0.05) is 30.3 Å². The predicted octanol–water partition coefficient (Wildman–Crippen LogP) is 4.00. The number of aliphatic hydroxyl groups excluding tert-OH is 1. The maximum atomic E-state index is 14.8. The van der Waals surface area contributed by atoms with Gasteiger partial charge in [-0.3, -0.25) is 24.0 Å². The SMILES string of the molecule is COC(=O)CCCCN1C(=O)[C@@]2(O[C@@H](CCn3cc(CCO)nn3)[C@H]([Si](C)(C)O)[C@H]2C)c2cc(N3C(=O)CCc4ccccc43)ccc21. The van der Waals surface area contributed by atoms with Crippen LogP contribution in [0.2, 0.25) is 18.6 Å². The normalized spacial score (nSPS) is 23.6. The van der Waals surface area contributed by atoms with Crippen molar-refractivity contribution < 1.29 is 33.8 Å². The lowest BCUT2D eigenvalue weighted by molar-refractivity contribution is -0.146. The van der Waals surface area contributed by atoms with E-state index in [1.54, 1.807) is 20.7 Å². The smallest absolute Gasteiger partial charge is 0.305 e. The third-order valence-electron chi connectivity index (χ3n) is 10.2. The number of aromatic nitrogens is 3. The van der Waals surface area contributed by atoms with Crippen LogP contribution < -0.4 is 9.80 Å². The Morgan fingerprint density at radius 2 is 1.90 bits per heavy atom. The minimum atomic E-state index is -2.90. The topological polar surface area (TPSA) is 147 Å². The number of nitrogens with zero attached hydrogens (tertiary/aromatic N) is 5. The van der Waals surface area contributed by atoms with E-state index < -0.39 is 20.0 Å². The van der Waals surface area contributed by atoms with Crippen LogP contribution in [0, 0.1) is 5.92 Å². The monoisotopic (exact) mass is 675 g/mol. The molecule has 3 aliphatic rings. The number of carbonyl (C=O) groups excluding carboxylic acids is 3. The molecule has 6 rings (SSSR count). The van der Waals surface area contributed by atoms with Gasteiger partial charge >= 0.3 is 5.97 Å². The summed E-state index contributed by atoms with van der Waals surface area (Å²) >= 11 is 0. The molecule has 4 heterocycles. The van der Waals surface area contributed by atoms with Gasteiger partial charge in [0.15, 0.2) is 13.9 Å². The van der Waals surface area contributed by atoms with Gasteiger partial charge in [0.2, 0.25) is 5.91 Å². The number of methoxy groups -OCH3 is 1. The van der Waals surface area contributed by atoms with Crippen LogP contribution in [0.25, 0.3) is 0 Å². The van der Waals surface area contributed by atoms with E-state index in [2.05, 4.69) is 10.3 Å². The highest BCUT2D eigenvalue weighted by molar-refractivity contribution is 6.71.